The molecule has 4 aromatic rings. The van der Waals surface area contributed by atoms with Crippen molar-refractivity contribution in [2.24, 2.45) is 0 Å². The highest BCUT2D eigenvalue weighted by molar-refractivity contribution is 6.34. The number of aromatic nitrogens is 1. The van der Waals surface area contributed by atoms with Gasteiger partial charge in [0.15, 0.2) is 5.76 Å². The van der Waals surface area contributed by atoms with Gasteiger partial charge in [-0.25, -0.2) is 4.98 Å². The molecule has 2 N–H and O–H groups in total. The number of amides is 2. The summed E-state index contributed by atoms with van der Waals surface area (Å²) in [7, 11) is 0. The minimum Gasteiger partial charge on any atom is -0.463 e. The molecule has 0 bridgehead atoms. The molecular weight excluding hydrogens is 390 g/mol. The first-order chi connectivity index (χ1) is 14.0. The van der Waals surface area contributed by atoms with Crippen LogP contribution in [0.25, 0.3) is 22.4 Å². The van der Waals surface area contributed by atoms with E-state index in [1.165, 1.54) is 6.92 Å². The van der Waals surface area contributed by atoms with E-state index in [0.29, 0.717) is 44.3 Å². The van der Waals surface area contributed by atoms with E-state index in [1.807, 2.05) is 24.3 Å². The molecule has 7 heteroatoms. The fraction of sp³-hybridized carbons (Fsp3) is 0.0455. The lowest BCUT2D eigenvalue weighted by molar-refractivity contribution is -0.114. The predicted molar refractivity (Wildman–Crippen MR) is 113 cm³/mol. The molecule has 0 saturated carbocycles. The molecule has 0 saturated heterocycles. The smallest absolute Gasteiger partial charge is 0.256 e. The van der Waals surface area contributed by atoms with Gasteiger partial charge in [0.2, 0.25) is 5.91 Å². The summed E-state index contributed by atoms with van der Waals surface area (Å²) in [5.41, 5.74) is 2.68. The van der Waals surface area contributed by atoms with Crippen molar-refractivity contribution < 1.29 is 14.0 Å². The van der Waals surface area contributed by atoms with Gasteiger partial charge in [-0.2, -0.15) is 0 Å². The Balaban J connectivity index is 1.71. The molecule has 6 nitrogen and oxygen atoms in total. The third-order valence-corrected chi connectivity index (χ3v) is 4.58. The van der Waals surface area contributed by atoms with Crippen LogP contribution in [0.5, 0.6) is 0 Å². The average Bonchev–Trinajstić information content (AvgIpc) is 3.23. The summed E-state index contributed by atoms with van der Waals surface area (Å²) >= 11 is 6.28. The average molecular weight is 406 g/mol. The lowest BCUT2D eigenvalue weighted by Gasteiger charge is -2.12. The quantitative estimate of drug-likeness (QED) is 0.478. The van der Waals surface area contributed by atoms with Crippen molar-refractivity contribution in [2.75, 3.05) is 10.6 Å². The zero-order chi connectivity index (χ0) is 20.4. The summed E-state index contributed by atoms with van der Waals surface area (Å²) in [6.07, 6.45) is 1.56. The van der Waals surface area contributed by atoms with Crippen LogP contribution in [0.2, 0.25) is 5.02 Å². The van der Waals surface area contributed by atoms with Crippen LogP contribution in [-0.4, -0.2) is 16.8 Å². The van der Waals surface area contributed by atoms with Crippen molar-refractivity contribution in [1.29, 1.82) is 0 Å². The van der Waals surface area contributed by atoms with Gasteiger partial charge in [0, 0.05) is 18.0 Å². The first kappa shape index (κ1) is 18.7. The summed E-state index contributed by atoms with van der Waals surface area (Å²) in [5, 5.41) is 6.51. The Kier molecular flexibility index (Phi) is 5.01. The predicted octanol–water partition coefficient (Wildman–Crippen LogP) is 5.36. The molecule has 29 heavy (non-hydrogen) atoms. The number of furan rings is 1. The molecule has 0 aliphatic heterocycles. The Morgan fingerprint density at radius 2 is 1.83 bits per heavy atom. The van der Waals surface area contributed by atoms with Crippen LogP contribution >= 0.6 is 11.6 Å². The minimum atomic E-state index is -0.328. The molecule has 0 radical (unpaired) electrons. The number of rotatable bonds is 4. The van der Waals surface area contributed by atoms with E-state index in [9.17, 15) is 9.59 Å². The Morgan fingerprint density at radius 3 is 2.55 bits per heavy atom. The molecule has 2 heterocycles. The van der Waals surface area contributed by atoms with E-state index in [0.717, 1.165) is 0 Å². The number of nitrogens with zero attached hydrogens (tertiary/aromatic N) is 1. The Labute approximate surface area is 171 Å². The topological polar surface area (TPSA) is 84.2 Å². The summed E-state index contributed by atoms with van der Waals surface area (Å²) in [6.45, 7) is 1.41. The maximum atomic E-state index is 13.1. The zero-order valence-corrected chi connectivity index (χ0v) is 16.2. The number of anilines is 2. The second-order valence-electron chi connectivity index (χ2n) is 6.38. The molecule has 0 fully saturated rings. The second-order valence-corrected chi connectivity index (χ2v) is 6.79. The number of fused-ring (bicyclic) bond motifs is 1. The zero-order valence-electron chi connectivity index (χ0n) is 15.4. The van der Waals surface area contributed by atoms with E-state index in [2.05, 4.69) is 15.6 Å². The monoisotopic (exact) mass is 405 g/mol. The van der Waals surface area contributed by atoms with Crippen molar-refractivity contribution >= 4 is 45.7 Å². The molecule has 0 spiro atoms. The van der Waals surface area contributed by atoms with Crippen molar-refractivity contribution in [2.45, 2.75) is 6.92 Å². The maximum Gasteiger partial charge on any atom is 0.256 e. The van der Waals surface area contributed by atoms with Crippen LogP contribution in [0, 0.1) is 0 Å². The minimum absolute atomic E-state index is 0.202. The number of hydrogen-bond acceptors (Lipinski definition) is 4. The van der Waals surface area contributed by atoms with Gasteiger partial charge in [0.25, 0.3) is 5.91 Å². The summed E-state index contributed by atoms with van der Waals surface area (Å²) in [4.78, 5) is 28.8. The van der Waals surface area contributed by atoms with Crippen LogP contribution < -0.4 is 10.6 Å². The molecule has 2 amide bonds. The second kappa shape index (κ2) is 7.77. The number of hydrogen-bond donors (Lipinski definition) is 2. The Bertz CT molecular complexity index is 1220. The first-order valence-corrected chi connectivity index (χ1v) is 9.21. The van der Waals surface area contributed by atoms with Gasteiger partial charge in [-0.15, -0.1) is 0 Å². The van der Waals surface area contributed by atoms with Gasteiger partial charge >= 0.3 is 0 Å². The van der Waals surface area contributed by atoms with Gasteiger partial charge in [-0.05, 0) is 42.5 Å². The van der Waals surface area contributed by atoms with Gasteiger partial charge in [-0.3, -0.25) is 9.59 Å². The molecule has 2 aromatic heterocycles. The lowest BCUT2D eigenvalue weighted by atomic mass is 10.1. The molecule has 0 aliphatic rings. The van der Waals surface area contributed by atoms with Crippen LogP contribution in [0.4, 0.5) is 11.4 Å². The first-order valence-electron chi connectivity index (χ1n) is 8.83. The van der Waals surface area contributed by atoms with Crippen molar-refractivity contribution in [3.8, 4) is 11.5 Å². The van der Waals surface area contributed by atoms with E-state index >= 15 is 0 Å². The summed E-state index contributed by atoms with van der Waals surface area (Å²) in [6, 6.07) is 17.5. The molecule has 2 aromatic carbocycles. The summed E-state index contributed by atoms with van der Waals surface area (Å²) in [5.74, 6) is 0.0413. The Hall–Kier alpha value is -3.64. The van der Waals surface area contributed by atoms with Crippen LogP contribution in [0.15, 0.2) is 71.3 Å². The van der Waals surface area contributed by atoms with E-state index < -0.39 is 0 Å². The van der Waals surface area contributed by atoms with E-state index in [1.54, 1.807) is 42.7 Å². The SMILES string of the molecule is CC(=O)Nc1ccc(NC(=O)c2cc(-c3ccco3)nc3ccccc23)c(Cl)c1. The fourth-order valence-electron chi connectivity index (χ4n) is 3.00. The van der Waals surface area contributed by atoms with Crippen LogP contribution in [-0.2, 0) is 4.79 Å². The molecular formula is C22H16ClN3O3. The third-order valence-electron chi connectivity index (χ3n) is 4.27. The van der Waals surface area contributed by atoms with Gasteiger partial charge < -0.3 is 15.1 Å². The molecule has 4 rings (SSSR count). The van der Waals surface area contributed by atoms with Crippen molar-refractivity contribution in [3.63, 3.8) is 0 Å². The number of pyridine rings is 1. The maximum absolute atomic E-state index is 13.1. The molecule has 0 aliphatic carbocycles. The molecule has 0 atom stereocenters. The van der Waals surface area contributed by atoms with Crippen LogP contribution in [0.3, 0.4) is 0 Å². The number of halogens is 1. The number of benzene rings is 2. The number of carbonyl (C=O) groups is 2. The highest BCUT2D eigenvalue weighted by Gasteiger charge is 2.16. The van der Waals surface area contributed by atoms with Gasteiger partial charge in [-0.1, -0.05) is 29.8 Å². The normalized spacial score (nSPS) is 10.7. The highest BCUT2D eigenvalue weighted by atomic mass is 35.5. The van der Waals surface area contributed by atoms with Crippen molar-refractivity contribution in [3.05, 3.63) is 77.5 Å². The van der Waals surface area contributed by atoms with E-state index in [-0.39, 0.29) is 11.8 Å². The number of nitrogens with one attached hydrogen (secondary N) is 2. The van der Waals surface area contributed by atoms with Gasteiger partial charge in [0.05, 0.1) is 28.1 Å². The Morgan fingerprint density at radius 1 is 1.00 bits per heavy atom. The lowest BCUT2D eigenvalue weighted by Crippen LogP contribution is -2.14. The molecule has 144 valence electrons. The van der Waals surface area contributed by atoms with Crippen LogP contribution in [0.1, 0.15) is 17.3 Å². The third kappa shape index (κ3) is 3.97. The van der Waals surface area contributed by atoms with Crippen molar-refractivity contribution in [1.82, 2.24) is 4.98 Å². The standard InChI is InChI=1S/C22H16ClN3O3/c1-13(27)24-14-8-9-19(17(23)11-14)26-22(28)16-12-20(21-7-4-10-29-21)25-18-6-3-2-5-15(16)18/h2-12H,1H3,(H,24,27)(H,26,28). The highest BCUT2D eigenvalue weighted by Crippen LogP contribution is 2.29. The molecule has 0 unspecified atom stereocenters. The van der Waals surface area contributed by atoms with Gasteiger partial charge in [0.1, 0.15) is 5.69 Å². The fourth-order valence-corrected chi connectivity index (χ4v) is 3.23. The summed E-state index contributed by atoms with van der Waals surface area (Å²) < 4.78 is 5.44. The number of carbonyl (C=O) groups excluding carboxylic acids is 2. The largest absolute Gasteiger partial charge is 0.463 e. The van der Waals surface area contributed by atoms with E-state index in [4.69, 9.17) is 16.0 Å². The number of para-hydroxylation sites is 1.